The van der Waals surface area contributed by atoms with E-state index in [4.69, 9.17) is 11.6 Å². The minimum absolute atomic E-state index is 0.528. The Labute approximate surface area is 114 Å². The van der Waals surface area contributed by atoms with Crippen LogP contribution in [0.3, 0.4) is 0 Å². The van der Waals surface area contributed by atoms with Crippen LogP contribution in [0.5, 0.6) is 0 Å². The molecule has 3 nitrogen and oxygen atoms in total. The van der Waals surface area contributed by atoms with Crippen molar-refractivity contribution in [1.82, 2.24) is 9.78 Å². The second-order valence-electron chi connectivity index (χ2n) is 4.88. The van der Waals surface area contributed by atoms with E-state index in [2.05, 4.69) is 11.7 Å². The highest BCUT2D eigenvalue weighted by molar-refractivity contribution is 6.31. The third kappa shape index (κ3) is 3.59. The standard InChI is InChI=1S/C14H23ClN2O/c1-5-8-9-14(4,18)10-12-13(15)11(6-2)16-17(12)7-3/h5,18H,1,6-10H2,2-4H3. The van der Waals surface area contributed by atoms with Crippen LogP contribution in [-0.4, -0.2) is 20.5 Å². The minimum Gasteiger partial charge on any atom is -0.390 e. The van der Waals surface area contributed by atoms with Gasteiger partial charge in [0.05, 0.1) is 22.0 Å². The van der Waals surface area contributed by atoms with E-state index < -0.39 is 5.60 Å². The molecule has 0 aliphatic rings. The van der Waals surface area contributed by atoms with Crippen molar-refractivity contribution < 1.29 is 5.11 Å². The van der Waals surface area contributed by atoms with E-state index in [-0.39, 0.29) is 0 Å². The quantitative estimate of drug-likeness (QED) is 0.772. The average Bonchev–Trinajstić information content (AvgIpc) is 2.63. The first kappa shape index (κ1) is 15.3. The molecule has 0 aliphatic carbocycles. The highest BCUT2D eigenvalue weighted by Crippen LogP contribution is 2.27. The zero-order valence-corrected chi connectivity index (χ0v) is 12.3. The van der Waals surface area contributed by atoms with Crippen molar-refractivity contribution in [2.24, 2.45) is 0 Å². The molecule has 1 N–H and O–H groups in total. The molecule has 4 heteroatoms. The third-order valence-corrected chi connectivity index (χ3v) is 3.57. The molecule has 1 rings (SSSR count). The van der Waals surface area contributed by atoms with Gasteiger partial charge in [0.25, 0.3) is 0 Å². The molecule has 0 aliphatic heterocycles. The highest BCUT2D eigenvalue weighted by atomic mass is 35.5. The van der Waals surface area contributed by atoms with Gasteiger partial charge in [-0.3, -0.25) is 4.68 Å². The lowest BCUT2D eigenvalue weighted by atomic mass is 9.94. The SMILES string of the molecule is C=CCCC(C)(O)Cc1c(Cl)c(CC)nn1CC. The van der Waals surface area contributed by atoms with Gasteiger partial charge in [-0.2, -0.15) is 5.10 Å². The maximum absolute atomic E-state index is 10.4. The van der Waals surface area contributed by atoms with Crippen molar-refractivity contribution in [3.63, 3.8) is 0 Å². The number of hydrogen-bond acceptors (Lipinski definition) is 2. The Bertz CT molecular complexity index is 410. The van der Waals surface area contributed by atoms with Gasteiger partial charge in [0.1, 0.15) is 0 Å². The van der Waals surface area contributed by atoms with Crippen LogP contribution in [-0.2, 0) is 19.4 Å². The predicted molar refractivity (Wildman–Crippen MR) is 76.0 cm³/mol. The van der Waals surface area contributed by atoms with Crippen LogP contribution < -0.4 is 0 Å². The van der Waals surface area contributed by atoms with Gasteiger partial charge in [-0.1, -0.05) is 24.6 Å². The molecule has 0 aromatic carbocycles. The molecule has 1 aromatic rings. The fraction of sp³-hybridized carbons (Fsp3) is 0.643. The molecule has 1 heterocycles. The van der Waals surface area contributed by atoms with Crippen LogP contribution in [0.15, 0.2) is 12.7 Å². The molecule has 0 fully saturated rings. The number of aromatic nitrogens is 2. The Morgan fingerprint density at radius 2 is 2.17 bits per heavy atom. The number of nitrogens with zero attached hydrogens (tertiary/aromatic N) is 2. The maximum Gasteiger partial charge on any atom is 0.0850 e. The summed E-state index contributed by atoms with van der Waals surface area (Å²) in [5, 5.41) is 15.5. The van der Waals surface area contributed by atoms with Crippen molar-refractivity contribution in [2.45, 2.75) is 58.6 Å². The Balaban J connectivity index is 2.95. The highest BCUT2D eigenvalue weighted by Gasteiger charge is 2.25. The summed E-state index contributed by atoms with van der Waals surface area (Å²) in [4.78, 5) is 0. The largest absolute Gasteiger partial charge is 0.390 e. The first-order valence-electron chi connectivity index (χ1n) is 6.52. The third-order valence-electron chi connectivity index (χ3n) is 3.13. The Morgan fingerprint density at radius 3 is 2.67 bits per heavy atom. The maximum atomic E-state index is 10.4. The molecule has 18 heavy (non-hydrogen) atoms. The zero-order valence-electron chi connectivity index (χ0n) is 11.5. The Morgan fingerprint density at radius 1 is 1.50 bits per heavy atom. The summed E-state index contributed by atoms with van der Waals surface area (Å²) in [6, 6.07) is 0. The van der Waals surface area contributed by atoms with Crippen LogP contribution in [0.4, 0.5) is 0 Å². The minimum atomic E-state index is -0.768. The Kier molecular flexibility index (Phi) is 5.42. The topological polar surface area (TPSA) is 38.1 Å². The normalized spacial score (nSPS) is 14.5. The van der Waals surface area contributed by atoms with Crippen molar-refractivity contribution in [1.29, 1.82) is 0 Å². The summed E-state index contributed by atoms with van der Waals surface area (Å²) in [6.45, 7) is 10.4. The second-order valence-corrected chi connectivity index (χ2v) is 5.26. The van der Waals surface area contributed by atoms with Crippen LogP contribution in [0.25, 0.3) is 0 Å². The van der Waals surface area contributed by atoms with Gasteiger partial charge in [-0.05, 0) is 33.1 Å². The first-order chi connectivity index (χ1) is 8.45. The van der Waals surface area contributed by atoms with Gasteiger partial charge in [0.15, 0.2) is 0 Å². The number of hydrogen-bond donors (Lipinski definition) is 1. The van der Waals surface area contributed by atoms with Gasteiger partial charge in [0, 0.05) is 13.0 Å². The van der Waals surface area contributed by atoms with Crippen molar-refractivity contribution in [2.75, 3.05) is 0 Å². The number of halogens is 1. The van der Waals surface area contributed by atoms with Crippen molar-refractivity contribution in [3.05, 3.63) is 29.1 Å². The molecule has 0 saturated carbocycles. The molecule has 0 radical (unpaired) electrons. The number of allylic oxidation sites excluding steroid dienone is 1. The number of aryl methyl sites for hydroxylation is 2. The van der Waals surface area contributed by atoms with Crippen LogP contribution in [0.1, 0.15) is 45.0 Å². The predicted octanol–water partition coefficient (Wildman–Crippen LogP) is 3.38. The van der Waals surface area contributed by atoms with Gasteiger partial charge in [-0.15, -0.1) is 6.58 Å². The van der Waals surface area contributed by atoms with E-state index in [1.165, 1.54) is 0 Å². The summed E-state index contributed by atoms with van der Waals surface area (Å²) in [7, 11) is 0. The summed E-state index contributed by atoms with van der Waals surface area (Å²) < 4.78 is 1.89. The summed E-state index contributed by atoms with van der Waals surface area (Å²) in [6.07, 6.45) is 4.65. The lowest BCUT2D eigenvalue weighted by Gasteiger charge is -2.23. The summed E-state index contributed by atoms with van der Waals surface area (Å²) in [5.41, 5.74) is 1.08. The molecule has 0 spiro atoms. The van der Waals surface area contributed by atoms with Crippen molar-refractivity contribution in [3.8, 4) is 0 Å². The lowest BCUT2D eigenvalue weighted by Crippen LogP contribution is -2.28. The molecule has 1 unspecified atom stereocenters. The molecular formula is C14H23ClN2O. The smallest absolute Gasteiger partial charge is 0.0850 e. The average molecular weight is 271 g/mol. The molecule has 1 aromatic heterocycles. The second kappa shape index (κ2) is 6.39. The van der Waals surface area contributed by atoms with E-state index >= 15 is 0 Å². The van der Waals surface area contributed by atoms with E-state index in [1.807, 2.05) is 31.5 Å². The fourth-order valence-electron chi connectivity index (χ4n) is 2.05. The summed E-state index contributed by atoms with van der Waals surface area (Å²) >= 11 is 6.33. The molecule has 1 atom stereocenters. The van der Waals surface area contributed by atoms with Gasteiger partial charge in [-0.25, -0.2) is 0 Å². The van der Waals surface area contributed by atoms with Crippen LogP contribution in [0.2, 0.25) is 5.02 Å². The van der Waals surface area contributed by atoms with Gasteiger partial charge < -0.3 is 5.11 Å². The molecule has 102 valence electrons. The van der Waals surface area contributed by atoms with Crippen LogP contribution in [0, 0.1) is 0 Å². The van der Waals surface area contributed by atoms with E-state index in [0.29, 0.717) is 17.9 Å². The summed E-state index contributed by atoms with van der Waals surface area (Å²) in [5.74, 6) is 0. The van der Waals surface area contributed by atoms with Crippen molar-refractivity contribution >= 4 is 11.6 Å². The van der Waals surface area contributed by atoms with Crippen LogP contribution >= 0.6 is 11.6 Å². The lowest BCUT2D eigenvalue weighted by molar-refractivity contribution is 0.0503. The molecular weight excluding hydrogens is 248 g/mol. The molecule has 0 saturated heterocycles. The van der Waals surface area contributed by atoms with E-state index in [0.717, 1.165) is 30.8 Å². The first-order valence-corrected chi connectivity index (χ1v) is 6.90. The van der Waals surface area contributed by atoms with Gasteiger partial charge >= 0.3 is 0 Å². The Hall–Kier alpha value is -0.800. The number of rotatable bonds is 7. The zero-order chi connectivity index (χ0) is 13.8. The molecule has 0 bridgehead atoms. The molecule has 0 amide bonds. The van der Waals surface area contributed by atoms with E-state index in [9.17, 15) is 5.11 Å². The monoisotopic (exact) mass is 270 g/mol. The van der Waals surface area contributed by atoms with E-state index in [1.54, 1.807) is 0 Å². The fourth-order valence-corrected chi connectivity index (χ4v) is 2.38. The van der Waals surface area contributed by atoms with Gasteiger partial charge in [0.2, 0.25) is 0 Å². The number of aliphatic hydroxyl groups is 1.